The minimum Gasteiger partial charge on any atom is -0.339 e. The summed E-state index contributed by atoms with van der Waals surface area (Å²) in [5.41, 5.74) is 1.77. The lowest BCUT2D eigenvalue weighted by Crippen LogP contribution is -2.41. The molecule has 2 heterocycles. The number of likely N-dealkylation sites (tertiary alicyclic amines) is 1. The second-order valence-corrected chi connectivity index (χ2v) is 6.26. The molecule has 120 valence electrons. The fourth-order valence-corrected chi connectivity index (χ4v) is 3.11. The van der Waals surface area contributed by atoms with Crippen molar-refractivity contribution in [2.75, 3.05) is 19.8 Å². The first kappa shape index (κ1) is 16.0. The Bertz CT molecular complexity index is 654. The number of benzene rings is 1. The van der Waals surface area contributed by atoms with E-state index in [2.05, 4.69) is 21.3 Å². The largest absolute Gasteiger partial charge is 0.339 e. The zero-order valence-corrected chi connectivity index (χ0v) is 13.7. The molecule has 1 aromatic heterocycles. The molecule has 4 nitrogen and oxygen atoms in total. The van der Waals surface area contributed by atoms with Gasteiger partial charge in [0.25, 0.3) is 5.91 Å². The summed E-state index contributed by atoms with van der Waals surface area (Å²) in [6.07, 6.45) is 4.00. The average Bonchev–Trinajstić information content (AvgIpc) is 2.61. The van der Waals surface area contributed by atoms with Gasteiger partial charge < -0.3 is 5.32 Å². The van der Waals surface area contributed by atoms with E-state index in [9.17, 15) is 4.79 Å². The highest BCUT2D eigenvalue weighted by molar-refractivity contribution is 6.30. The van der Waals surface area contributed by atoms with Gasteiger partial charge in [-0.25, -0.2) is 0 Å². The number of carbonyl (C=O) groups excluding carboxylic acids is 1. The van der Waals surface area contributed by atoms with Gasteiger partial charge in [0.1, 0.15) is 0 Å². The van der Waals surface area contributed by atoms with Gasteiger partial charge in [0.2, 0.25) is 0 Å². The van der Waals surface area contributed by atoms with E-state index in [1.807, 2.05) is 18.3 Å². The van der Waals surface area contributed by atoms with Gasteiger partial charge in [0.05, 0.1) is 6.67 Å². The molecule has 1 aliphatic rings. The van der Waals surface area contributed by atoms with Crippen LogP contribution in [0.2, 0.25) is 5.02 Å². The lowest BCUT2D eigenvalue weighted by Gasteiger charge is -2.31. The van der Waals surface area contributed by atoms with Crippen molar-refractivity contribution >= 4 is 17.5 Å². The second kappa shape index (κ2) is 7.57. The molecule has 0 aliphatic carbocycles. The molecule has 0 spiro atoms. The summed E-state index contributed by atoms with van der Waals surface area (Å²) in [6.45, 7) is 2.51. The number of carbonyl (C=O) groups is 1. The lowest BCUT2D eigenvalue weighted by atomic mass is 9.93. The SMILES string of the molecule is O=C(NCN1CCC(c2ccccn2)CC1)c1cccc(Cl)c1. The monoisotopic (exact) mass is 329 g/mol. The molecule has 0 saturated carbocycles. The van der Waals surface area contributed by atoms with Gasteiger partial charge in [0, 0.05) is 41.5 Å². The zero-order valence-electron chi connectivity index (χ0n) is 12.9. The van der Waals surface area contributed by atoms with Gasteiger partial charge in [0.15, 0.2) is 0 Å². The molecule has 1 aliphatic heterocycles. The molecule has 0 bridgehead atoms. The Balaban J connectivity index is 1.47. The van der Waals surface area contributed by atoms with Crippen molar-refractivity contribution in [3.05, 3.63) is 64.9 Å². The van der Waals surface area contributed by atoms with Gasteiger partial charge in [-0.2, -0.15) is 0 Å². The van der Waals surface area contributed by atoms with E-state index in [-0.39, 0.29) is 5.91 Å². The summed E-state index contributed by atoms with van der Waals surface area (Å²) in [4.78, 5) is 18.8. The summed E-state index contributed by atoms with van der Waals surface area (Å²) in [7, 11) is 0. The Hall–Kier alpha value is -1.91. The van der Waals surface area contributed by atoms with E-state index in [0.717, 1.165) is 25.9 Å². The van der Waals surface area contributed by atoms with Crippen molar-refractivity contribution in [3.8, 4) is 0 Å². The smallest absolute Gasteiger partial charge is 0.252 e. The van der Waals surface area contributed by atoms with Crippen LogP contribution in [0.15, 0.2) is 48.7 Å². The second-order valence-electron chi connectivity index (χ2n) is 5.82. The molecule has 1 aromatic carbocycles. The Kier molecular flexibility index (Phi) is 5.26. The third-order valence-corrected chi connectivity index (χ3v) is 4.48. The lowest BCUT2D eigenvalue weighted by molar-refractivity contribution is 0.0910. The summed E-state index contributed by atoms with van der Waals surface area (Å²) in [6, 6.07) is 13.1. The van der Waals surface area contributed by atoms with E-state index in [1.54, 1.807) is 24.3 Å². The normalized spacial score (nSPS) is 16.2. The van der Waals surface area contributed by atoms with Crippen molar-refractivity contribution in [2.45, 2.75) is 18.8 Å². The number of pyridine rings is 1. The summed E-state index contributed by atoms with van der Waals surface area (Å²) < 4.78 is 0. The Morgan fingerprint density at radius 1 is 1.22 bits per heavy atom. The van der Waals surface area contributed by atoms with Crippen molar-refractivity contribution in [1.82, 2.24) is 15.2 Å². The highest BCUT2D eigenvalue weighted by Crippen LogP contribution is 2.25. The van der Waals surface area contributed by atoms with Crippen LogP contribution in [0.25, 0.3) is 0 Å². The zero-order chi connectivity index (χ0) is 16.1. The molecule has 23 heavy (non-hydrogen) atoms. The number of halogens is 1. The average molecular weight is 330 g/mol. The predicted molar refractivity (Wildman–Crippen MR) is 91.6 cm³/mol. The molecular formula is C18H20ClN3O. The minimum atomic E-state index is -0.0839. The first-order chi connectivity index (χ1) is 11.2. The van der Waals surface area contributed by atoms with Gasteiger partial charge in [-0.05, 0) is 43.2 Å². The van der Waals surface area contributed by atoms with Gasteiger partial charge in [-0.1, -0.05) is 23.7 Å². The fraction of sp³-hybridized carbons (Fsp3) is 0.333. The van der Waals surface area contributed by atoms with Crippen LogP contribution in [0, 0.1) is 0 Å². The maximum atomic E-state index is 12.1. The van der Waals surface area contributed by atoms with Gasteiger partial charge in [-0.3, -0.25) is 14.7 Å². The summed E-state index contributed by atoms with van der Waals surface area (Å²) in [5.74, 6) is 0.440. The van der Waals surface area contributed by atoms with Crippen LogP contribution in [0.3, 0.4) is 0 Å². The maximum Gasteiger partial charge on any atom is 0.252 e. The van der Waals surface area contributed by atoms with Crippen LogP contribution in [0.1, 0.15) is 34.8 Å². The van der Waals surface area contributed by atoms with Crippen molar-refractivity contribution in [1.29, 1.82) is 0 Å². The first-order valence-electron chi connectivity index (χ1n) is 7.89. The third kappa shape index (κ3) is 4.30. The summed E-state index contributed by atoms with van der Waals surface area (Å²) >= 11 is 5.92. The molecule has 1 N–H and O–H groups in total. The first-order valence-corrected chi connectivity index (χ1v) is 8.27. The maximum absolute atomic E-state index is 12.1. The van der Waals surface area contributed by atoms with E-state index in [0.29, 0.717) is 23.2 Å². The van der Waals surface area contributed by atoms with Crippen molar-refractivity contribution in [2.24, 2.45) is 0 Å². The number of amides is 1. The molecular weight excluding hydrogens is 310 g/mol. The quantitative estimate of drug-likeness (QED) is 0.936. The number of hydrogen-bond acceptors (Lipinski definition) is 3. The Labute approximate surface area is 141 Å². The van der Waals surface area contributed by atoms with Crippen LogP contribution >= 0.6 is 11.6 Å². The standard InChI is InChI=1S/C18H20ClN3O/c19-16-5-3-4-15(12-16)18(23)21-13-22-10-7-14(8-11-22)17-6-1-2-9-20-17/h1-6,9,12,14H,7-8,10-11,13H2,(H,21,23). The van der Waals surface area contributed by atoms with Crippen molar-refractivity contribution in [3.63, 3.8) is 0 Å². The molecule has 1 saturated heterocycles. The number of rotatable bonds is 4. The number of hydrogen-bond donors (Lipinski definition) is 1. The van der Waals surface area contributed by atoms with Crippen LogP contribution in [-0.2, 0) is 0 Å². The predicted octanol–water partition coefficient (Wildman–Crippen LogP) is 3.30. The van der Waals surface area contributed by atoms with E-state index in [1.165, 1.54) is 5.69 Å². The molecule has 5 heteroatoms. The van der Waals surface area contributed by atoms with Gasteiger partial charge >= 0.3 is 0 Å². The number of nitrogens with zero attached hydrogens (tertiary/aromatic N) is 2. The third-order valence-electron chi connectivity index (χ3n) is 4.24. The highest BCUT2D eigenvalue weighted by atomic mass is 35.5. The minimum absolute atomic E-state index is 0.0839. The molecule has 0 atom stereocenters. The van der Waals surface area contributed by atoms with E-state index >= 15 is 0 Å². The topological polar surface area (TPSA) is 45.2 Å². The Morgan fingerprint density at radius 2 is 2.04 bits per heavy atom. The highest BCUT2D eigenvalue weighted by Gasteiger charge is 2.21. The summed E-state index contributed by atoms with van der Waals surface area (Å²) in [5, 5.41) is 3.54. The van der Waals surface area contributed by atoms with Crippen molar-refractivity contribution < 1.29 is 4.79 Å². The van der Waals surface area contributed by atoms with Crippen LogP contribution in [0.4, 0.5) is 0 Å². The van der Waals surface area contributed by atoms with Gasteiger partial charge in [-0.15, -0.1) is 0 Å². The molecule has 1 amide bonds. The van der Waals surface area contributed by atoms with Crippen LogP contribution in [-0.4, -0.2) is 35.5 Å². The van der Waals surface area contributed by atoms with E-state index < -0.39 is 0 Å². The number of piperidine rings is 1. The Morgan fingerprint density at radius 3 is 2.74 bits per heavy atom. The molecule has 0 unspecified atom stereocenters. The van der Waals surface area contributed by atoms with Crippen LogP contribution in [0.5, 0.6) is 0 Å². The molecule has 3 rings (SSSR count). The molecule has 1 fully saturated rings. The number of aromatic nitrogens is 1. The van der Waals surface area contributed by atoms with Crippen LogP contribution < -0.4 is 5.32 Å². The molecule has 2 aromatic rings. The number of nitrogens with one attached hydrogen (secondary N) is 1. The molecule has 0 radical (unpaired) electrons. The van der Waals surface area contributed by atoms with E-state index in [4.69, 9.17) is 11.6 Å². The fourth-order valence-electron chi connectivity index (χ4n) is 2.92.